The van der Waals surface area contributed by atoms with E-state index in [1.807, 2.05) is 12.3 Å². The molecule has 0 N–H and O–H groups in total. The zero-order valence-corrected chi connectivity index (χ0v) is 16.8. The van der Waals surface area contributed by atoms with E-state index in [-0.39, 0.29) is 0 Å². The fourth-order valence-corrected chi connectivity index (χ4v) is 3.52. The lowest BCUT2D eigenvalue weighted by molar-refractivity contribution is 0.800. The van der Waals surface area contributed by atoms with Crippen LogP contribution in [0.4, 0.5) is 0 Å². The van der Waals surface area contributed by atoms with Gasteiger partial charge in [-0.05, 0) is 52.6 Å². The molecule has 3 aromatic rings. The summed E-state index contributed by atoms with van der Waals surface area (Å²) in [6, 6.07) is 17.4. The Hall–Kier alpha value is -2.35. The van der Waals surface area contributed by atoms with Gasteiger partial charge >= 0.3 is 0 Å². The van der Waals surface area contributed by atoms with Gasteiger partial charge in [-0.15, -0.1) is 0 Å². The van der Waals surface area contributed by atoms with Gasteiger partial charge in [-0.3, -0.25) is 0 Å². The molecule has 3 rings (SSSR count). The van der Waals surface area contributed by atoms with Crippen molar-refractivity contribution in [3.63, 3.8) is 0 Å². The van der Waals surface area contributed by atoms with E-state index >= 15 is 0 Å². The van der Waals surface area contributed by atoms with E-state index in [0.29, 0.717) is 17.8 Å². The zero-order chi connectivity index (χ0) is 18.8. The number of hydrogen-bond acceptors (Lipinski definition) is 1. The summed E-state index contributed by atoms with van der Waals surface area (Å²) in [6.07, 6.45) is 1.91. The molecule has 136 valence electrons. The number of rotatable bonds is 5. The lowest BCUT2D eigenvalue weighted by atomic mass is 9.83. The zero-order valence-electron chi connectivity index (χ0n) is 16.8. The molecule has 2 nitrogen and oxygen atoms in total. The largest absolute Gasteiger partial charge is 0.233 e. The summed E-state index contributed by atoms with van der Waals surface area (Å²) >= 11 is 0. The highest BCUT2D eigenvalue weighted by Crippen LogP contribution is 2.39. The van der Waals surface area contributed by atoms with E-state index < -0.39 is 0 Å². The normalized spacial score (nSPS) is 11.7. The Bertz CT molecular complexity index is 841. The molecule has 1 aromatic heterocycles. The van der Waals surface area contributed by atoms with Crippen molar-refractivity contribution in [2.24, 2.45) is 0 Å². The van der Waals surface area contributed by atoms with Crippen LogP contribution in [0.15, 0.2) is 54.7 Å². The molecule has 0 amide bonds. The maximum Gasteiger partial charge on any atom is 0.0746 e. The van der Waals surface area contributed by atoms with Crippen molar-refractivity contribution in [1.82, 2.24) is 9.78 Å². The van der Waals surface area contributed by atoms with Gasteiger partial charge in [0.1, 0.15) is 0 Å². The van der Waals surface area contributed by atoms with Gasteiger partial charge in [-0.1, -0.05) is 71.9 Å². The van der Waals surface area contributed by atoms with Gasteiger partial charge in [0.2, 0.25) is 0 Å². The molecule has 0 aliphatic rings. The molecule has 26 heavy (non-hydrogen) atoms. The van der Waals surface area contributed by atoms with Crippen LogP contribution in [0, 0.1) is 0 Å². The molecule has 0 atom stereocenters. The van der Waals surface area contributed by atoms with Crippen LogP contribution in [-0.2, 0) is 0 Å². The Morgan fingerprint density at radius 1 is 0.731 bits per heavy atom. The minimum atomic E-state index is 0.459. The summed E-state index contributed by atoms with van der Waals surface area (Å²) in [5, 5.41) is 4.64. The first kappa shape index (κ1) is 18.4. The van der Waals surface area contributed by atoms with Crippen LogP contribution in [0.5, 0.6) is 0 Å². The summed E-state index contributed by atoms with van der Waals surface area (Å²) in [4.78, 5) is 0. The molecule has 0 spiro atoms. The Morgan fingerprint density at radius 3 is 1.81 bits per heavy atom. The second kappa shape index (κ2) is 7.49. The molecule has 2 heteroatoms. The Morgan fingerprint density at radius 2 is 1.31 bits per heavy atom. The molecule has 0 fully saturated rings. The summed E-state index contributed by atoms with van der Waals surface area (Å²) < 4.78 is 2.07. The van der Waals surface area contributed by atoms with Crippen molar-refractivity contribution < 1.29 is 0 Å². The molecule has 0 bridgehead atoms. The standard InChI is InChI=1S/C24H30N2/c1-16(2)19-14-21(17(3)4)24(22(15-19)18(5)6)23-12-13-25-26(23)20-10-8-7-9-11-20/h7-18H,1-6H3. The number of hydrogen-bond donors (Lipinski definition) is 0. The van der Waals surface area contributed by atoms with Gasteiger partial charge in [-0.2, -0.15) is 5.10 Å². The number of benzene rings is 2. The van der Waals surface area contributed by atoms with E-state index in [2.05, 4.69) is 93.8 Å². The average Bonchev–Trinajstić information content (AvgIpc) is 3.10. The monoisotopic (exact) mass is 346 g/mol. The van der Waals surface area contributed by atoms with Crippen molar-refractivity contribution in [3.8, 4) is 16.9 Å². The summed E-state index contributed by atoms with van der Waals surface area (Å²) in [5.41, 5.74) is 7.88. The van der Waals surface area contributed by atoms with E-state index in [0.717, 1.165) is 5.69 Å². The van der Waals surface area contributed by atoms with E-state index in [1.54, 1.807) is 0 Å². The van der Waals surface area contributed by atoms with Crippen molar-refractivity contribution in [3.05, 3.63) is 71.4 Å². The van der Waals surface area contributed by atoms with E-state index in [1.165, 1.54) is 27.9 Å². The van der Waals surface area contributed by atoms with Crippen LogP contribution in [0.25, 0.3) is 16.9 Å². The average molecular weight is 347 g/mol. The summed E-state index contributed by atoms with van der Waals surface area (Å²) in [5.74, 6) is 1.44. The van der Waals surface area contributed by atoms with Gasteiger partial charge in [-0.25, -0.2) is 4.68 Å². The Labute approximate surface area is 157 Å². The SMILES string of the molecule is CC(C)c1cc(C(C)C)c(-c2ccnn2-c2ccccc2)c(C(C)C)c1. The second-order valence-electron chi connectivity index (χ2n) is 8.00. The van der Waals surface area contributed by atoms with Crippen LogP contribution in [0.3, 0.4) is 0 Å². The third-order valence-electron chi connectivity index (χ3n) is 5.03. The first-order chi connectivity index (χ1) is 12.4. The highest BCUT2D eigenvalue weighted by Gasteiger charge is 2.21. The summed E-state index contributed by atoms with van der Waals surface area (Å²) in [6.45, 7) is 13.7. The molecule has 0 aliphatic carbocycles. The van der Waals surface area contributed by atoms with E-state index in [4.69, 9.17) is 0 Å². The molecular formula is C24H30N2. The maximum absolute atomic E-state index is 4.64. The number of nitrogens with zero attached hydrogens (tertiary/aromatic N) is 2. The van der Waals surface area contributed by atoms with Crippen LogP contribution in [0.2, 0.25) is 0 Å². The van der Waals surface area contributed by atoms with Gasteiger partial charge in [0.25, 0.3) is 0 Å². The van der Waals surface area contributed by atoms with Crippen LogP contribution in [-0.4, -0.2) is 9.78 Å². The van der Waals surface area contributed by atoms with E-state index in [9.17, 15) is 0 Å². The van der Waals surface area contributed by atoms with Gasteiger partial charge < -0.3 is 0 Å². The fraction of sp³-hybridized carbons (Fsp3) is 0.375. The molecule has 2 aromatic carbocycles. The van der Waals surface area contributed by atoms with Crippen molar-refractivity contribution in [2.75, 3.05) is 0 Å². The third-order valence-corrected chi connectivity index (χ3v) is 5.03. The Balaban J connectivity index is 2.30. The molecule has 0 saturated heterocycles. The van der Waals surface area contributed by atoms with Gasteiger partial charge in [0.15, 0.2) is 0 Å². The molecule has 1 heterocycles. The fourth-order valence-electron chi connectivity index (χ4n) is 3.52. The Kier molecular flexibility index (Phi) is 5.31. The molecule has 0 aliphatic heterocycles. The lowest BCUT2D eigenvalue weighted by Crippen LogP contribution is -2.07. The van der Waals surface area contributed by atoms with Crippen molar-refractivity contribution >= 4 is 0 Å². The van der Waals surface area contributed by atoms with Crippen LogP contribution >= 0.6 is 0 Å². The molecular weight excluding hydrogens is 316 g/mol. The van der Waals surface area contributed by atoms with Crippen LogP contribution in [0.1, 0.15) is 76.0 Å². The highest BCUT2D eigenvalue weighted by atomic mass is 15.3. The summed E-state index contributed by atoms with van der Waals surface area (Å²) in [7, 11) is 0. The first-order valence-electron chi connectivity index (χ1n) is 9.67. The minimum Gasteiger partial charge on any atom is -0.233 e. The van der Waals surface area contributed by atoms with Crippen LogP contribution < -0.4 is 0 Å². The molecule has 0 unspecified atom stereocenters. The highest BCUT2D eigenvalue weighted by molar-refractivity contribution is 5.72. The van der Waals surface area contributed by atoms with Gasteiger partial charge in [0, 0.05) is 5.56 Å². The number of para-hydroxylation sites is 1. The predicted octanol–water partition coefficient (Wildman–Crippen LogP) is 6.91. The lowest BCUT2D eigenvalue weighted by Gasteiger charge is -2.23. The first-order valence-corrected chi connectivity index (χ1v) is 9.67. The molecule has 0 radical (unpaired) electrons. The maximum atomic E-state index is 4.64. The smallest absolute Gasteiger partial charge is 0.0746 e. The second-order valence-corrected chi connectivity index (χ2v) is 8.00. The van der Waals surface area contributed by atoms with Crippen molar-refractivity contribution in [1.29, 1.82) is 0 Å². The third kappa shape index (κ3) is 3.46. The minimum absolute atomic E-state index is 0.459. The molecule has 0 saturated carbocycles. The predicted molar refractivity (Wildman–Crippen MR) is 111 cm³/mol. The van der Waals surface area contributed by atoms with Gasteiger partial charge in [0.05, 0.1) is 17.6 Å². The quantitative estimate of drug-likeness (QED) is 0.491. The number of aromatic nitrogens is 2. The van der Waals surface area contributed by atoms with Crippen molar-refractivity contribution in [2.45, 2.75) is 59.3 Å². The topological polar surface area (TPSA) is 17.8 Å².